The number of hydrogen-bond acceptors (Lipinski definition) is 8. The highest BCUT2D eigenvalue weighted by molar-refractivity contribution is 6.32. The molecule has 16 heteroatoms. The lowest BCUT2D eigenvalue weighted by Gasteiger charge is -2.33. The number of nitrogens with zero attached hydrogens (tertiary/aromatic N) is 4. The summed E-state index contributed by atoms with van der Waals surface area (Å²) < 4.78 is 0. The second kappa shape index (κ2) is 15.8. The Morgan fingerprint density at radius 2 is 0.895 bits per heavy atom. The average Bonchev–Trinajstić information content (AvgIpc) is 2.85. The Balaban J connectivity index is 5.40. The predicted octanol–water partition coefficient (Wildman–Crippen LogP) is -1.76. The highest BCUT2D eigenvalue weighted by atomic mass is 16.4. The molecule has 214 valence electrons. The van der Waals surface area contributed by atoms with Gasteiger partial charge in [0.25, 0.3) is 0 Å². The number of aliphatic carboxylic acids is 4. The summed E-state index contributed by atoms with van der Waals surface area (Å²) in [5.41, 5.74) is 0. The van der Waals surface area contributed by atoms with Gasteiger partial charge in [-0.1, -0.05) is 0 Å². The van der Waals surface area contributed by atoms with Crippen molar-refractivity contribution in [1.82, 2.24) is 19.6 Å². The van der Waals surface area contributed by atoms with Gasteiger partial charge in [-0.15, -0.1) is 0 Å². The van der Waals surface area contributed by atoms with E-state index in [4.69, 9.17) is 15.3 Å². The van der Waals surface area contributed by atoms with Gasteiger partial charge in [0.2, 0.25) is 5.91 Å². The summed E-state index contributed by atoms with van der Waals surface area (Å²) in [6, 6.07) is -2.72. The SMILES string of the molecule is CN(CCCC[C@@H](C(=O)N(C)[C@@H](CCCCN(C)C(=O)C(=O)O)C(=O)O)N(C)C(=O)C(=O)O)C(=O)C(=O)O. The van der Waals surface area contributed by atoms with Crippen LogP contribution < -0.4 is 0 Å². The van der Waals surface area contributed by atoms with Crippen LogP contribution in [0.15, 0.2) is 0 Å². The first kappa shape index (κ1) is 33.8. The molecule has 0 fully saturated rings. The minimum Gasteiger partial charge on any atom is -0.480 e. The third-order valence-corrected chi connectivity index (χ3v) is 5.86. The van der Waals surface area contributed by atoms with E-state index in [9.17, 15) is 43.5 Å². The molecule has 2 atom stereocenters. The van der Waals surface area contributed by atoms with Crippen molar-refractivity contribution in [2.75, 3.05) is 41.3 Å². The molecule has 0 aliphatic rings. The van der Waals surface area contributed by atoms with E-state index in [1.165, 1.54) is 21.1 Å². The molecule has 38 heavy (non-hydrogen) atoms. The lowest BCUT2D eigenvalue weighted by atomic mass is 10.0. The molecule has 0 saturated carbocycles. The third-order valence-electron chi connectivity index (χ3n) is 5.86. The number of carboxylic acid groups (broad SMARTS) is 4. The summed E-state index contributed by atoms with van der Waals surface area (Å²) in [4.78, 5) is 96.0. The van der Waals surface area contributed by atoms with Gasteiger partial charge in [-0.2, -0.15) is 0 Å². The van der Waals surface area contributed by atoms with Crippen molar-refractivity contribution >= 4 is 47.5 Å². The number of carbonyl (C=O) groups is 8. The van der Waals surface area contributed by atoms with E-state index >= 15 is 0 Å². The van der Waals surface area contributed by atoms with Crippen LogP contribution in [-0.2, 0) is 38.4 Å². The van der Waals surface area contributed by atoms with Crippen LogP contribution in [0.3, 0.4) is 0 Å². The number of carboxylic acids is 4. The van der Waals surface area contributed by atoms with Gasteiger partial charge in [-0.25, -0.2) is 19.2 Å². The standard InChI is InChI=1S/C22H34N4O12/c1-23(16(28)20(33)34)11-7-5-9-13(25(3)18(30)22(37)38)15(27)26(4)14(19(31)32)10-6-8-12-24(2)17(29)21(35)36/h13-14H,5-12H2,1-4H3,(H,31,32)(H,33,34)(H,35,36)(H,37,38)/t13-,14-/m0/s1. The fourth-order valence-electron chi connectivity index (χ4n) is 3.55. The van der Waals surface area contributed by atoms with E-state index in [0.717, 1.165) is 21.7 Å². The first-order valence-electron chi connectivity index (χ1n) is 11.5. The van der Waals surface area contributed by atoms with Crippen LogP contribution in [0, 0.1) is 0 Å². The molecule has 0 saturated heterocycles. The number of likely N-dealkylation sites (N-methyl/N-ethyl adjacent to an activating group) is 4. The van der Waals surface area contributed by atoms with Gasteiger partial charge in [0.05, 0.1) is 0 Å². The Morgan fingerprint density at radius 1 is 0.526 bits per heavy atom. The molecule has 0 rings (SSSR count). The Morgan fingerprint density at radius 3 is 1.24 bits per heavy atom. The maximum Gasteiger partial charge on any atom is 0.394 e. The maximum atomic E-state index is 13.2. The van der Waals surface area contributed by atoms with Crippen LogP contribution in [-0.4, -0.2) is 141 Å². The number of hydrogen-bond donors (Lipinski definition) is 4. The van der Waals surface area contributed by atoms with Gasteiger partial charge >= 0.3 is 41.6 Å². The fraction of sp³-hybridized carbons (Fsp3) is 0.636. The molecular weight excluding hydrogens is 512 g/mol. The van der Waals surface area contributed by atoms with Crippen LogP contribution in [0.25, 0.3) is 0 Å². The summed E-state index contributed by atoms with van der Waals surface area (Å²) in [5, 5.41) is 36.2. The van der Waals surface area contributed by atoms with Crippen LogP contribution in [0.1, 0.15) is 38.5 Å². The molecule has 0 aliphatic heterocycles. The molecule has 0 radical (unpaired) electrons. The summed E-state index contributed by atoms with van der Waals surface area (Å²) >= 11 is 0. The zero-order valence-electron chi connectivity index (χ0n) is 21.7. The van der Waals surface area contributed by atoms with Gasteiger partial charge in [0, 0.05) is 41.3 Å². The first-order valence-corrected chi connectivity index (χ1v) is 11.5. The van der Waals surface area contributed by atoms with Crippen molar-refractivity contribution in [1.29, 1.82) is 0 Å². The van der Waals surface area contributed by atoms with Gasteiger partial charge < -0.3 is 40.0 Å². The monoisotopic (exact) mass is 546 g/mol. The lowest BCUT2D eigenvalue weighted by Crippen LogP contribution is -2.53. The normalized spacial score (nSPS) is 12.0. The van der Waals surface area contributed by atoms with Crippen molar-refractivity contribution in [3.63, 3.8) is 0 Å². The Labute approximate surface area is 218 Å². The lowest BCUT2D eigenvalue weighted by molar-refractivity contribution is -0.160. The first-order chi connectivity index (χ1) is 17.5. The number of rotatable bonds is 14. The predicted molar refractivity (Wildman–Crippen MR) is 127 cm³/mol. The van der Waals surface area contributed by atoms with E-state index in [1.807, 2.05) is 0 Å². The van der Waals surface area contributed by atoms with Crippen molar-refractivity contribution in [2.45, 2.75) is 50.6 Å². The van der Waals surface area contributed by atoms with E-state index in [-0.39, 0.29) is 51.6 Å². The highest BCUT2D eigenvalue weighted by Crippen LogP contribution is 2.16. The minimum absolute atomic E-state index is 0.00898. The quantitative estimate of drug-likeness (QED) is 0.140. The molecule has 0 spiro atoms. The molecule has 0 aromatic carbocycles. The van der Waals surface area contributed by atoms with E-state index in [0.29, 0.717) is 4.90 Å². The van der Waals surface area contributed by atoms with Gasteiger partial charge in [0.15, 0.2) is 0 Å². The topological polar surface area (TPSA) is 230 Å². The second-order valence-corrected chi connectivity index (χ2v) is 8.60. The summed E-state index contributed by atoms with van der Waals surface area (Å²) in [7, 11) is 4.81. The second-order valence-electron chi connectivity index (χ2n) is 8.60. The molecule has 0 aromatic heterocycles. The fourth-order valence-corrected chi connectivity index (χ4v) is 3.55. The van der Waals surface area contributed by atoms with Crippen molar-refractivity contribution in [3.8, 4) is 0 Å². The van der Waals surface area contributed by atoms with Crippen molar-refractivity contribution in [3.05, 3.63) is 0 Å². The maximum absolute atomic E-state index is 13.2. The molecular formula is C22H34N4O12. The van der Waals surface area contributed by atoms with Gasteiger partial charge in [-0.3, -0.25) is 19.2 Å². The van der Waals surface area contributed by atoms with E-state index in [2.05, 4.69) is 0 Å². The number of carbonyl (C=O) groups excluding carboxylic acids is 4. The number of amides is 4. The molecule has 4 amide bonds. The summed E-state index contributed by atoms with van der Waals surface area (Å²) in [6.45, 7) is 0.0431. The molecule has 0 heterocycles. The molecule has 16 nitrogen and oxygen atoms in total. The molecule has 4 N–H and O–H groups in total. The highest BCUT2D eigenvalue weighted by Gasteiger charge is 2.36. The zero-order chi connectivity index (χ0) is 29.7. The summed E-state index contributed by atoms with van der Waals surface area (Å²) in [5.74, 6) is -11.0. The van der Waals surface area contributed by atoms with E-state index < -0.39 is 59.6 Å². The zero-order valence-corrected chi connectivity index (χ0v) is 21.7. The molecule has 0 aromatic rings. The largest absolute Gasteiger partial charge is 0.480 e. The molecule has 0 aliphatic carbocycles. The van der Waals surface area contributed by atoms with Crippen LogP contribution in [0.2, 0.25) is 0 Å². The summed E-state index contributed by atoms with van der Waals surface area (Å²) in [6.07, 6.45) is 0.652. The van der Waals surface area contributed by atoms with Gasteiger partial charge in [0.1, 0.15) is 12.1 Å². The molecule has 0 unspecified atom stereocenters. The Bertz CT molecular complexity index is 937. The third kappa shape index (κ3) is 10.4. The van der Waals surface area contributed by atoms with Crippen molar-refractivity contribution in [2.24, 2.45) is 0 Å². The number of unbranched alkanes of at least 4 members (excludes halogenated alkanes) is 2. The van der Waals surface area contributed by atoms with Crippen LogP contribution in [0.4, 0.5) is 0 Å². The minimum atomic E-state index is -1.82. The smallest absolute Gasteiger partial charge is 0.394 e. The van der Waals surface area contributed by atoms with Crippen LogP contribution in [0.5, 0.6) is 0 Å². The Hall–Kier alpha value is -4.24. The van der Waals surface area contributed by atoms with E-state index in [1.54, 1.807) is 0 Å². The molecule has 0 bridgehead atoms. The van der Waals surface area contributed by atoms with Crippen molar-refractivity contribution < 1.29 is 58.8 Å². The average molecular weight is 547 g/mol. The van der Waals surface area contributed by atoms with Crippen LogP contribution >= 0.6 is 0 Å². The van der Waals surface area contributed by atoms with Gasteiger partial charge in [-0.05, 0) is 38.5 Å². The Kier molecular flexibility index (Phi) is 14.0.